The topological polar surface area (TPSA) is 20.2 Å². The van der Waals surface area contributed by atoms with Gasteiger partial charge in [-0.3, -0.25) is 0 Å². The molecule has 2 heteroatoms. The Bertz CT molecular complexity index is 294. The van der Waals surface area contributed by atoms with Gasteiger partial charge >= 0.3 is 0 Å². The summed E-state index contributed by atoms with van der Waals surface area (Å²) in [6.07, 6.45) is 0. The fourth-order valence-electron chi connectivity index (χ4n) is 1.37. The highest BCUT2D eigenvalue weighted by Crippen LogP contribution is 2.27. The van der Waals surface area contributed by atoms with Crippen LogP contribution in [-0.4, -0.2) is 10.9 Å². The van der Waals surface area contributed by atoms with E-state index in [-0.39, 0.29) is 0 Å². The molecule has 0 saturated heterocycles. The molecule has 0 radical (unpaired) electrons. The van der Waals surface area contributed by atoms with Gasteiger partial charge in [0.25, 0.3) is 0 Å². The van der Waals surface area contributed by atoms with E-state index in [0.29, 0.717) is 5.75 Å². The van der Waals surface area contributed by atoms with Crippen molar-refractivity contribution in [2.24, 2.45) is 0 Å². The van der Waals surface area contributed by atoms with Crippen LogP contribution < -0.4 is 0 Å². The number of aromatic hydroxyl groups is 1. The van der Waals surface area contributed by atoms with Crippen LogP contribution in [0.2, 0.25) is 0 Å². The quantitative estimate of drug-likeness (QED) is 0.800. The summed E-state index contributed by atoms with van der Waals surface area (Å²) in [4.78, 5) is 0. The normalized spacial score (nSPS) is 10.4. The molecule has 13 heavy (non-hydrogen) atoms. The summed E-state index contributed by atoms with van der Waals surface area (Å²) in [5.74, 6) is 2.46. The van der Waals surface area contributed by atoms with Crippen molar-refractivity contribution in [3.8, 4) is 5.75 Å². The highest BCUT2D eigenvalue weighted by Gasteiger charge is 2.04. The average molecular weight is 196 g/mol. The number of phenolic OH excluding ortho intramolecular Hbond substituents is 1. The SMILES string of the molecule is CCSCc1cc(C)cc(C)c1O. The van der Waals surface area contributed by atoms with E-state index < -0.39 is 0 Å². The zero-order valence-electron chi connectivity index (χ0n) is 8.42. The minimum atomic E-state index is 0.464. The highest BCUT2D eigenvalue weighted by atomic mass is 32.2. The summed E-state index contributed by atoms with van der Waals surface area (Å²) in [6, 6.07) is 4.07. The van der Waals surface area contributed by atoms with Crippen LogP contribution >= 0.6 is 11.8 Å². The van der Waals surface area contributed by atoms with Crippen LogP contribution in [0, 0.1) is 13.8 Å². The molecule has 0 fully saturated rings. The molecule has 0 aliphatic carbocycles. The van der Waals surface area contributed by atoms with Crippen LogP contribution in [-0.2, 0) is 5.75 Å². The Balaban J connectivity index is 2.92. The Morgan fingerprint density at radius 1 is 1.31 bits per heavy atom. The van der Waals surface area contributed by atoms with Gasteiger partial charge in [0.15, 0.2) is 0 Å². The van der Waals surface area contributed by atoms with E-state index in [1.54, 1.807) is 0 Å². The van der Waals surface area contributed by atoms with Crippen LogP contribution in [0.3, 0.4) is 0 Å². The van der Waals surface area contributed by atoms with Crippen LogP contribution in [0.1, 0.15) is 23.6 Å². The first-order chi connectivity index (χ1) is 6.15. The Morgan fingerprint density at radius 3 is 2.62 bits per heavy atom. The van der Waals surface area contributed by atoms with E-state index in [0.717, 1.165) is 22.6 Å². The van der Waals surface area contributed by atoms with Crippen molar-refractivity contribution >= 4 is 11.8 Å². The second kappa shape index (κ2) is 4.56. The highest BCUT2D eigenvalue weighted by molar-refractivity contribution is 7.98. The molecule has 0 saturated carbocycles. The summed E-state index contributed by atoms with van der Waals surface area (Å²) in [5, 5.41) is 9.74. The van der Waals surface area contributed by atoms with Gasteiger partial charge in [-0.15, -0.1) is 0 Å². The van der Waals surface area contributed by atoms with Crippen molar-refractivity contribution in [1.82, 2.24) is 0 Å². The molecule has 1 N–H and O–H groups in total. The lowest BCUT2D eigenvalue weighted by atomic mass is 10.1. The summed E-state index contributed by atoms with van der Waals surface area (Å²) >= 11 is 1.83. The minimum absolute atomic E-state index is 0.464. The maximum atomic E-state index is 9.74. The van der Waals surface area contributed by atoms with Gasteiger partial charge < -0.3 is 5.11 Å². The van der Waals surface area contributed by atoms with Gasteiger partial charge in [-0.1, -0.05) is 24.6 Å². The van der Waals surface area contributed by atoms with Crippen molar-refractivity contribution in [2.45, 2.75) is 26.5 Å². The fourth-order valence-corrected chi connectivity index (χ4v) is 2.01. The Kier molecular flexibility index (Phi) is 3.67. The molecule has 1 aromatic rings. The Hall–Kier alpha value is -0.630. The summed E-state index contributed by atoms with van der Waals surface area (Å²) < 4.78 is 0. The first kappa shape index (κ1) is 10.5. The second-order valence-electron chi connectivity index (χ2n) is 3.23. The van der Waals surface area contributed by atoms with E-state index >= 15 is 0 Å². The number of hydrogen-bond donors (Lipinski definition) is 1. The fraction of sp³-hybridized carbons (Fsp3) is 0.455. The standard InChI is InChI=1S/C11H16OS/c1-4-13-7-10-6-8(2)5-9(3)11(10)12/h5-6,12H,4,7H2,1-3H3. The Morgan fingerprint density at radius 2 is 2.00 bits per heavy atom. The first-order valence-electron chi connectivity index (χ1n) is 4.52. The zero-order chi connectivity index (χ0) is 9.84. The summed E-state index contributed by atoms with van der Waals surface area (Å²) in [7, 11) is 0. The number of benzene rings is 1. The maximum Gasteiger partial charge on any atom is 0.122 e. The molecule has 0 unspecified atom stereocenters. The lowest BCUT2D eigenvalue weighted by molar-refractivity contribution is 0.466. The number of aryl methyl sites for hydroxylation is 2. The van der Waals surface area contributed by atoms with E-state index in [2.05, 4.69) is 19.9 Å². The molecule has 1 nitrogen and oxygen atoms in total. The lowest BCUT2D eigenvalue weighted by Crippen LogP contribution is -1.87. The van der Waals surface area contributed by atoms with Gasteiger partial charge in [0.05, 0.1) is 0 Å². The molecule has 0 atom stereocenters. The lowest BCUT2D eigenvalue weighted by Gasteiger charge is -2.07. The van der Waals surface area contributed by atoms with Gasteiger partial charge in [0.1, 0.15) is 5.75 Å². The van der Waals surface area contributed by atoms with Crippen molar-refractivity contribution in [3.63, 3.8) is 0 Å². The summed E-state index contributed by atoms with van der Waals surface area (Å²) in [5.41, 5.74) is 3.26. The van der Waals surface area contributed by atoms with Crippen LogP contribution in [0.15, 0.2) is 12.1 Å². The van der Waals surface area contributed by atoms with Gasteiger partial charge in [-0.05, 0) is 25.2 Å². The molecular formula is C11H16OS. The zero-order valence-corrected chi connectivity index (χ0v) is 9.24. The second-order valence-corrected chi connectivity index (χ2v) is 4.50. The van der Waals surface area contributed by atoms with Gasteiger partial charge in [-0.2, -0.15) is 11.8 Å². The molecule has 0 amide bonds. The monoisotopic (exact) mass is 196 g/mol. The minimum Gasteiger partial charge on any atom is -0.507 e. The van der Waals surface area contributed by atoms with Crippen LogP contribution in [0.4, 0.5) is 0 Å². The van der Waals surface area contributed by atoms with Crippen molar-refractivity contribution in [2.75, 3.05) is 5.75 Å². The van der Waals surface area contributed by atoms with Crippen molar-refractivity contribution < 1.29 is 5.11 Å². The smallest absolute Gasteiger partial charge is 0.122 e. The number of thioether (sulfide) groups is 1. The molecule has 1 aromatic carbocycles. The van der Waals surface area contributed by atoms with Crippen molar-refractivity contribution in [3.05, 3.63) is 28.8 Å². The van der Waals surface area contributed by atoms with Gasteiger partial charge in [0, 0.05) is 11.3 Å². The molecule has 1 rings (SSSR count). The van der Waals surface area contributed by atoms with Gasteiger partial charge in [-0.25, -0.2) is 0 Å². The number of phenols is 1. The molecular weight excluding hydrogens is 180 g/mol. The predicted molar refractivity (Wildman–Crippen MR) is 59.4 cm³/mol. The molecule has 0 heterocycles. The van der Waals surface area contributed by atoms with E-state index in [4.69, 9.17) is 0 Å². The maximum absolute atomic E-state index is 9.74. The third-order valence-corrected chi connectivity index (χ3v) is 2.91. The number of hydrogen-bond acceptors (Lipinski definition) is 2. The van der Waals surface area contributed by atoms with Crippen LogP contribution in [0.5, 0.6) is 5.75 Å². The van der Waals surface area contributed by atoms with Gasteiger partial charge in [0.2, 0.25) is 0 Å². The van der Waals surface area contributed by atoms with E-state index in [9.17, 15) is 5.11 Å². The molecule has 72 valence electrons. The predicted octanol–water partition coefficient (Wildman–Crippen LogP) is 3.26. The average Bonchev–Trinajstić information content (AvgIpc) is 2.09. The molecule has 0 spiro atoms. The molecule has 0 aliphatic rings. The van der Waals surface area contributed by atoms with Crippen LogP contribution in [0.25, 0.3) is 0 Å². The van der Waals surface area contributed by atoms with E-state index in [1.807, 2.05) is 24.8 Å². The summed E-state index contributed by atoms with van der Waals surface area (Å²) in [6.45, 7) is 6.14. The molecule has 0 bridgehead atoms. The molecule has 0 aromatic heterocycles. The largest absolute Gasteiger partial charge is 0.507 e. The number of rotatable bonds is 3. The van der Waals surface area contributed by atoms with Crippen molar-refractivity contribution in [1.29, 1.82) is 0 Å². The van der Waals surface area contributed by atoms with E-state index in [1.165, 1.54) is 5.56 Å². The third-order valence-electron chi connectivity index (χ3n) is 1.99. The molecule has 0 aliphatic heterocycles. The third kappa shape index (κ3) is 2.66. The Labute approximate surface area is 84.2 Å². The first-order valence-corrected chi connectivity index (χ1v) is 5.67.